The van der Waals surface area contributed by atoms with Gasteiger partial charge in [0.25, 0.3) is 0 Å². The van der Waals surface area contributed by atoms with Gasteiger partial charge in [-0.25, -0.2) is 4.79 Å². The maximum Gasteiger partial charge on any atom is 0.326 e. The van der Waals surface area contributed by atoms with E-state index in [4.69, 9.17) is 5.11 Å². The highest BCUT2D eigenvalue weighted by atomic mass is 32.2. The summed E-state index contributed by atoms with van der Waals surface area (Å²) in [6.07, 6.45) is 0.662. The molecule has 1 aromatic carbocycles. The number of rotatable bonds is 6. The molecule has 104 valence electrons. The number of amides is 1. The Hall–Kier alpha value is -1.49. The summed E-state index contributed by atoms with van der Waals surface area (Å²) in [5.41, 5.74) is 0. The highest BCUT2D eigenvalue weighted by Gasteiger charge is 2.27. The van der Waals surface area contributed by atoms with Crippen LogP contribution in [0.25, 0.3) is 0 Å². The lowest BCUT2D eigenvalue weighted by molar-refractivity contribution is -0.148. The first kappa shape index (κ1) is 15.6. The minimum absolute atomic E-state index is 0.147. The van der Waals surface area contributed by atoms with Crippen LogP contribution < -0.4 is 0 Å². The zero-order valence-electron chi connectivity index (χ0n) is 11.4. The second kappa shape index (κ2) is 7.19. The van der Waals surface area contributed by atoms with E-state index in [0.29, 0.717) is 6.42 Å². The molecule has 2 atom stereocenters. The number of carboxylic acid groups (broad SMARTS) is 1. The molecule has 0 saturated heterocycles. The van der Waals surface area contributed by atoms with E-state index in [9.17, 15) is 9.59 Å². The molecule has 0 aliphatic carbocycles. The maximum absolute atomic E-state index is 12.3. The third kappa shape index (κ3) is 4.28. The number of hydrogen-bond acceptors (Lipinski definition) is 3. The van der Waals surface area contributed by atoms with Crippen LogP contribution in [0.4, 0.5) is 0 Å². The van der Waals surface area contributed by atoms with Gasteiger partial charge in [-0.3, -0.25) is 4.79 Å². The number of aliphatic carboxylic acids is 1. The minimum Gasteiger partial charge on any atom is -0.480 e. The molecule has 0 bridgehead atoms. The second-order valence-electron chi connectivity index (χ2n) is 4.29. The summed E-state index contributed by atoms with van der Waals surface area (Å²) in [6, 6.07) is 8.85. The summed E-state index contributed by atoms with van der Waals surface area (Å²) in [7, 11) is 1.54. The van der Waals surface area contributed by atoms with E-state index in [1.54, 1.807) is 0 Å². The van der Waals surface area contributed by atoms with Crippen molar-refractivity contribution >= 4 is 23.6 Å². The molecule has 0 aromatic heterocycles. The monoisotopic (exact) mass is 281 g/mol. The molecule has 0 saturated carbocycles. The van der Waals surface area contributed by atoms with Gasteiger partial charge < -0.3 is 10.0 Å². The van der Waals surface area contributed by atoms with E-state index >= 15 is 0 Å². The SMILES string of the molecule is CCC(Sc1ccccc1)C(=O)N(C)C(C)C(=O)O. The van der Waals surface area contributed by atoms with Crippen LogP contribution in [0, 0.1) is 0 Å². The fraction of sp³-hybridized carbons (Fsp3) is 0.429. The van der Waals surface area contributed by atoms with Crippen molar-refractivity contribution in [3.8, 4) is 0 Å². The number of nitrogens with zero attached hydrogens (tertiary/aromatic N) is 1. The molecule has 0 aliphatic heterocycles. The molecule has 2 unspecified atom stereocenters. The van der Waals surface area contributed by atoms with E-state index in [0.717, 1.165) is 4.90 Å². The van der Waals surface area contributed by atoms with Crippen molar-refractivity contribution in [3.05, 3.63) is 30.3 Å². The predicted octanol–water partition coefficient (Wildman–Crippen LogP) is 2.49. The predicted molar refractivity (Wildman–Crippen MR) is 76.2 cm³/mol. The van der Waals surface area contributed by atoms with Crippen molar-refractivity contribution in [2.45, 2.75) is 36.5 Å². The molecule has 1 rings (SSSR count). The molecule has 0 spiro atoms. The van der Waals surface area contributed by atoms with Crippen molar-refractivity contribution in [1.82, 2.24) is 4.90 Å². The molecule has 5 heteroatoms. The molecule has 1 N–H and O–H groups in total. The van der Waals surface area contributed by atoms with E-state index < -0.39 is 12.0 Å². The molecule has 0 fully saturated rings. The Kier molecular flexibility index (Phi) is 5.89. The average Bonchev–Trinajstić information content (AvgIpc) is 2.43. The lowest BCUT2D eigenvalue weighted by Gasteiger charge is -2.25. The van der Waals surface area contributed by atoms with Crippen molar-refractivity contribution in [1.29, 1.82) is 0 Å². The normalized spacial score (nSPS) is 13.6. The van der Waals surface area contributed by atoms with Gasteiger partial charge in [-0.15, -0.1) is 11.8 Å². The van der Waals surface area contributed by atoms with Crippen LogP contribution in [0.2, 0.25) is 0 Å². The topological polar surface area (TPSA) is 57.6 Å². The molecule has 4 nitrogen and oxygen atoms in total. The number of carbonyl (C=O) groups is 2. The largest absolute Gasteiger partial charge is 0.480 e. The van der Waals surface area contributed by atoms with Gasteiger partial charge in [-0.2, -0.15) is 0 Å². The Morgan fingerprint density at radius 1 is 1.32 bits per heavy atom. The molecular weight excluding hydrogens is 262 g/mol. The molecule has 1 aromatic rings. The van der Waals surface area contributed by atoms with Crippen molar-refractivity contribution < 1.29 is 14.7 Å². The summed E-state index contributed by atoms with van der Waals surface area (Å²) in [6.45, 7) is 3.44. The van der Waals surface area contributed by atoms with Gasteiger partial charge in [0.1, 0.15) is 6.04 Å². The van der Waals surface area contributed by atoms with Crippen LogP contribution in [-0.4, -0.2) is 40.2 Å². The highest BCUT2D eigenvalue weighted by Crippen LogP contribution is 2.26. The second-order valence-corrected chi connectivity index (χ2v) is 5.57. The van der Waals surface area contributed by atoms with Crippen LogP contribution in [0.15, 0.2) is 35.2 Å². The summed E-state index contributed by atoms with van der Waals surface area (Å²) in [5, 5.41) is 8.69. The highest BCUT2D eigenvalue weighted by molar-refractivity contribution is 8.00. The number of benzene rings is 1. The molecule has 0 aliphatic rings. The van der Waals surface area contributed by atoms with Crippen LogP contribution in [0.1, 0.15) is 20.3 Å². The zero-order chi connectivity index (χ0) is 14.4. The molecule has 0 radical (unpaired) electrons. The third-order valence-electron chi connectivity index (χ3n) is 2.95. The Morgan fingerprint density at radius 3 is 2.37 bits per heavy atom. The fourth-order valence-electron chi connectivity index (χ4n) is 1.56. The zero-order valence-corrected chi connectivity index (χ0v) is 12.2. The number of likely N-dealkylation sites (N-methyl/N-ethyl adjacent to an activating group) is 1. The standard InChI is InChI=1S/C14H19NO3S/c1-4-12(19-11-8-6-5-7-9-11)13(16)15(3)10(2)14(17)18/h5-10,12H,4H2,1-3H3,(H,17,18). The number of thioether (sulfide) groups is 1. The fourth-order valence-corrected chi connectivity index (χ4v) is 2.63. The summed E-state index contributed by atoms with van der Waals surface area (Å²) < 4.78 is 0. The van der Waals surface area contributed by atoms with Crippen molar-refractivity contribution in [2.24, 2.45) is 0 Å². The van der Waals surface area contributed by atoms with Crippen LogP contribution in [0.3, 0.4) is 0 Å². The average molecular weight is 281 g/mol. The summed E-state index contributed by atoms with van der Waals surface area (Å²) >= 11 is 1.47. The van der Waals surface area contributed by atoms with Gasteiger partial charge in [0.05, 0.1) is 5.25 Å². The van der Waals surface area contributed by atoms with E-state index in [1.165, 1.54) is 30.6 Å². The molecule has 19 heavy (non-hydrogen) atoms. The van der Waals surface area contributed by atoms with Gasteiger partial charge in [-0.1, -0.05) is 25.1 Å². The van der Waals surface area contributed by atoms with E-state index in [-0.39, 0.29) is 11.2 Å². The summed E-state index contributed by atoms with van der Waals surface area (Å²) in [4.78, 5) is 25.5. The first-order valence-corrected chi connectivity index (χ1v) is 7.06. The number of carbonyl (C=O) groups excluding carboxylic acids is 1. The van der Waals surface area contributed by atoms with Crippen molar-refractivity contribution in [2.75, 3.05) is 7.05 Å². The van der Waals surface area contributed by atoms with Gasteiger partial charge in [0, 0.05) is 11.9 Å². The maximum atomic E-state index is 12.3. The Labute approximate surface area is 117 Å². The van der Waals surface area contributed by atoms with E-state index in [2.05, 4.69) is 0 Å². The van der Waals surface area contributed by atoms with Gasteiger partial charge in [0.15, 0.2) is 0 Å². The molecule has 0 heterocycles. The summed E-state index contributed by atoms with van der Waals surface area (Å²) in [5.74, 6) is -1.14. The third-order valence-corrected chi connectivity index (χ3v) is 4.32. The number of carboxylic acids is 1. The first-order chi connectivity index (χ1) is 8.97. The minimum atomic E-state index is -0.990. The van der Waals surface area contributed by atoms with E-state index in [1.807, 2.05) is 37.3 Å². The Bertz CT molecular complexity index is 436. The lowest BCUT2D eigenvalue weighted by Crippen LogP contribution is -2.44. The molecule has 1 amide bonds. The van der Waals surface area contributed by atoms with Gasteiger partial charge in [-0.05, 0) is 25.5 Å². The smallest absolute Gasteiger partial charge is 0.326 e. The van der Waals surface area contributed by atoms with Gasteiger partial charge >= 0.3 is 5.97 Å². The Balaban J connectivity index is 2.74. The van der Waals surface area contributed by atoms with Crippen LogP contribution >= 0.6 is 11.8 Å². The van der Waals surface area contributed by atoms with Gasteiger partial charge in [0.2, 0.25) is 5.91 Å². The Morgan fingerprint density at radius 2 is 1.89 bits per heavy atom. The quantitative estimate of drug-likeness (QED) is 0.814. The number of hydrogen-bond donors (Lipinski definition) is 1. The first-order valence-electron chi connectivity index (χ1n) is 6.18. The van der Waals surface area contributed by atoms with Crippen LogP contribution in [0.5, 0.6) is 0 Å². The van der Waals surface area contributed by atoms with Crippen LogP contribution in [-0.2, 0) is 9.59 Å². The molecular formula is C14H19NO3S. The lowest BCUT2D eigenvalue weighted by atomic mass is 10.2. The van der Waals surface area contributed by atoms with Crippen molar-refractivity contribution in [3.63, 3.8) is 0 Å².